The number of piperidine rings is 1. The van der Waals surface area contributed by atoms with Crippen molar-refractivity contribution in [3.8, 4) is 11.4 Å². The van der Waals surface area contributed by atoms with Gasteiger partial charge in [0.2, 0.25) is 5.91 Å². The second-order valence-electron chi connectivity index (χ2n) is 8.28. The summed E-state index contributed by atoms with van der Waals surface area (Å²) in [5.41, 5.74) is 1.18. The monoisotopic (exact) mass is 437 g/mol. The van der Waals surface area contributed by atoms with Gasteiger partial charge in [0.05, 0.1) is 29.5 Å². The lowest BCUT2D eigenvalue weighted by Gasteiger charge is -2.35. The molecule has 31 heavy (non-hydrogen) atoms. The van der Waals surface area contributed by atoms with Gasteiger partial charge in [0, 0.05) is 13.1 Å². The Morgan fingerprint density at radius 2 is 1.77 bits per heavy atom. The Morgan fingerprint density at radius 1 is 1.10 bits per heavy atom. The van der Waals surface area contributed by atoms with Gasteiger partial charge in [-0.05, 0) is 54.7 Å². The number of carbonyl (C=O) groups is 1. The molecule has 2 heterocycles. The number of thioether (sulfide) groups is 1. The van der Waals surface area contributed by atoms with Gasteiger partial charge in [-0.1, -0.05) is 37.7 Å². The highest BCUT2D eigenvalue weighted by atomic mass is 32.2. The minimum Gasteiger partial charge on any atom is -0.497 e. The highest BCUT2D eigenvalue weighted by Gasteiger charge is 2.26. The van der Waals surface area contributed by atoms with Crippen LogP contribution in [0.15, 0.2) is 58.5 Å². The summed E-state index contributed by atoms with van der Waals surface area (Å²) in [5.74, 6) is 2.07. The molecule has 0 spiro atoms. The van der Waals surface area contributed by atoms with E-state index in [4.69, 9.17) is 9.72 Å². The number of amides is 1. The van der Waals surface area contributed by atoms with E-state index in [0.717, 1.165) is 19.5 Å². The zero-order chi connectivity index (χ0) is 22.0. The van der Waals surface area contributed by atoms with E-state index in [0.29, 0.717) is 39.3 Å². The van der Waals surface area contributed by atoms with E-state index in [9.17, 15) is 9.59 Å². The van der Waals surface area contributed by atoms with Gasteiger partial charge in [-0.3, -0.25) is 14.2 Å². The van der Waals surface area contributed by atoms with Crippen LogP contribution in [-0.2, 0) is 4.79 Å². The number of aromatic nitrogens is 2. The van der Waals surface area contributed by atoms with Gasteiger partial charge < -0.3 is 9.64 Å². The SMILES string of the molecule is COc1ccc(-n2c(SCC(=O)N3CC(C)CC(C)C3)nc3ccccc3c2=O)cc1. The van der Waals surface area contributed by atoms with Gasteiger partial charge >= 0.3 is 0 Å². The minimum atomic E-state index is -0.147. The Labute approximate surface area is 186 Å². The maximum absolute atomic E-state index is 13.3. The summed E-state index contributed by atoms with van der Waals surface area (Å²) in [4.78, 5) is 32.9. The molecule has 2 unspecified atom stereocenters. The number of para-hydroxylation sites is 1. The number of fused-ring (bicyclic) bond motifs is 1. The molecule has 6 nitrogen and oxygen atoms in total. The molecule has 1 saturated heterocycles. The third-order valence-electron chi connectivity index (χ3n) is 5.62. The Morgan fingerprint density at radius 3 is 2.45 bits per heavy atom. The topological polar surface area (TPSA) is 64.4 Å². The van der Waals surface area contributed by atoms with Crippen molar-refractivity contribution < 1.29 is 9.53 Å². The predicted molar refractivity (Wildman–Crippen MR) is 124 cm³/mol. The van der Waals surface area contributed by atoms with Crippen molar-refractivity contribution in [2.24, 2.45) is 11.8 Å². The van der Waals surface area contributed by atoms with E-state index < -0.39 is 0 Å². The van der Waals surface area contributed by atoms with E-state index in [1.54, 1.807) is 17.7 Å². The van der Waals surface area contributed by atoms with Crippen LogP contribution in [0.2, 0.25) is 0 Å². The number of carbonyl (C=O) groups excluding carboxylic acids is 1. The lowest BCUT2D eigenvalue weighted by molar-refractivity contribution is -0.130. The average molecular weight is 438 g/mol. The second-order valence-corrected chi connectivity index (χ2v) is 9.23. The third-order valence-corrected chi connectivity index (χ3v) is 6.55. The largest absolute Gasteiger partial charge is 0.497 e. The molecular formula is C24H27N3O3S. The molecule has 7 heteroatoms. The Balaban J connectivity index is 1.67. The van der Waals surface area contributed by atoms with E-state index in [1.165, 1.54) is 11.8 Å². The summed E-state index contributed by atoms with van der Waals surface area (Å²) in [6.45, 7) is 5.96. The lowest BCUT2D eigenvalue weighted by atomic mass is 9.92. The molecule has 0 aliphatic carbocycles. The van der Waals surface area contributed by atoms with Crippen LogP contribution in [0, 0.1) is 11.8 Å². The lowest BCUT2D eigenvalue weighted by Crippen LogP contribution is -2.43. The van der Waals surface area contributed by atoms with Gasteiger partial charge in [-0.2, -0.15) is 0 Å². The summed E-state index contributed by atoms with van der Waals surface area (Å²) in [7, 11) is 1.61. The van der Waals surface area contributed by atoms with Crippen molar-refractivity contribution in [2.75, 3.05) is 26.0 Å². The fraction of sp³-hybridized carbons (Fsp3) is 0.375. The van der Waals surface area contributed by atoms with Crippen LogP contribution < -0.4 is 10.3 Å². The molecule has 3 aromatic rings. The molecule has 1 amide bonds. The van der Waals surface area contributed by atoms with E-state index in [2.05, 4.69) is 13.8 Å². The maximum Gasteiger partial charge on any atom is 0.266 e. The molecule has 1 fully saturated rings. The first-order chi connectivity index (χ1) is 15.0. The van der Waals surface area contributed by atoms with Crippen molar-refractivity contribution in [3.63, 3.8) is 0 Å². The Bertz CT molecular complexity index is 1130. The standard InChI is InChI=1S/C24H27N3O3S/c1-16-12-17(2)14-26(13-16)22(28)15-31-24-25-21-7-5-4-6-20(21)23(29)27(24)18-8-10-19(30-3)11-9-18/h4-11,16-17H,12-15H2,1-3H3. The van der Waals surface area contributed by atoms with Crippen LogP contribution in [-0.4, -0.2) is 46.3 Å². The molecule has 0 radical (unpaired) electrons. The summed E-state index contributed by atoms with van der Waals surface area (Å²) in [6, 6.07) is 14.6. The van der Waals surface area contributed by atoms with Crippen molar-refractivity contribution in [1.82, 2.24) is 14.5 Å². The first kappa shape index (κ1) is 21.4. The van der Waals surface area contributed by atoms with Crippen LogP contribution in [0.5, 0.6) is 5.75 Å². The fourth-order valence-electron chi connectivity index (χ4n) is 4.25. The van der Waals surface area contributed by atoms with Crippen LogP contribution in [0.1, 0.15) is 20.3 Å². The number of hydrogen-bond acceptors (Lipinski definition) is 5. The van der Waals surface area contributed by atoms with Crippen LogP contribution in [0.3, 0.4) is 0 Å². The maximum atomic E-state index is 13.3. The molecule has 1 aliphatic heterocycles. The van der Waals surface area contributed by atoms with Crippen LogP contribution in [0.25, 0.3) is 16.6 Å². The zero-order valence-corrected chi connectivity index (χ0v) is 18.9. The second kappa shape index (κ2) is 9.14. The molecule has 2 aromatic carbocycles. The third kappa shape index (κ3) is 4.61. The van der Waals surface area contributed by atoms with Crippen molar-refractivity contribution in [2.45, 2.75) is 25.4 Å². The molecule has 0 N–H and O–H groups in total. The van der Waals surface area contributed by atoms with Crippen LogP contribution in [0.4, 0.5) is 0 Å². The number of nitrogens with zero attached hydrogens (tertiary/aromatic N) is 3. The zero-order valence-electron chi connectivity index (χ0n) is 18.1. The van der Waals surface area contributed by atoms with E-state index in [1.807, 2.05) is 47.4 Å². The van der Waals surface area contributed by atoms with Gasteiger partial charge in [0.1, 0.15) is 5.75 Å². The Hall–Kier alpha value is -2.80. The van der Waals surface area contributed by atoms with Gasteiger partial charge in [0.15, 0.2) is 5.16 Å². The van der Waals surface area contributed by atoms with Gasteiger partial charge in [-0.25, -0.2) is 4.98 Å². The minimum absolute atomic E-state index is 0.0899. The van der Waals surface area contributed by atoms with E-state index in [-0.39, 0.29) is 17.2 Å². The molecule has 1 aromatic heterocycles. The number of rotatable bonds is 5. The summed E-state index contributed by atoms with van der Waals surface area (Å²) in [5, 5.41) is 1.06. The highest BCUT2D eigenvalue weighted by molar-refractivity contribution is 7.99. The summed E-state index contributed by atoms with van der Waals surface area (Å²) < 4.78 is 6.83. The van der Waals surface area contributed by atoms with Crippen molar-refractivity contribution in [1.29, 1.82) is 0 Å². The van der Waals surface area contributed by atoms with Gasteiger partial charge in [0.25, 0.3) is 5.56 Å². The first-order valence-corrected chi connectivity index (χ1v) is 11.5. The number of ether oxygens (including phenoxy) is 1. The number of likely N-dealkylation sites (tertiary alicyclic amines) is 1. The van der Waals surface area contributed by atoms with Gasteiger partial charge in [-0.15, -0.1) is 0 Å². The predicted octanol–water partition coefficient (Wildman–Crippen LogP) is 3.99. The molecule has 0 saturated carbocycles. The summed E-state index contributed by atoms with van der Waals surface area (Å²) >= 11 is 1.31. The van der Waals surface area contributed by atoms with Crippen molar-refractivity contribution >= 4 is 28.6 Å². The molecule has 162 valence electrons. The van der Waals surface area contributed by atoms with Crippen LogP contribution >= 0.6 is 11.8 Å². The average Bonchev–Trinajstić information content (AvgIpc) is 2.77. The smallest absolute Gasteiger partial charge is 0.266 e. The molecule has 2 atom stereocenters. The molecule has 4 rings (SSSR count). The molecular weight excluding hydrogens is 410 g/mol. The fourth-order valence-corrected chi connectivity index (χ4v) is 5.17. The first-order valence-electron chi connectivity index (χ1n) is 10.5. The number of benzene rings is 2. The number of hydrogen-bond donors (Lipinski definition) is 0. The van der Waals surface area contributed by atoms with E-state index >= 15 is 0 Å². The summed E-state index contributed by atoms with van der Waals surface area (Å²) in [6.07, 6.45) is 1.15. The van der Waals surface area contributed by atoms with Crippen molar-refractivity contribution in [3.05, 3.63) is 58.9 Å². The highest BCUT2D eigenvalue weighted by Crippen LogP contribution is 2.25. The molecule has 0 bridgehead atoms. The number of methoxy groups -OCH3 is 1. The quantitative estimate of drug-likeness (QED) is 0.446. The Kier molecular flexibility index (Phi) is 6.32. The molecule has 1 aliphatic rings. The normalized spacial score (nSPS) is 18.9.